The molecule has 0 aromatic carbocycles. The summed E-state index contributed by atoms with van der Waals surface area (Å²) in [6.45, 7) is 4.22. The van der Waals surface area contributed by atoms with E-state index in [2.05, 4.69) is 29.1 Å². The lowest BCUT2D eigenvalue weighted by Gasteiger charge is -2.56. The van der Waals surface area contributed by atoms with Crippen molar-refractivity contribution < 1.29 is 4.79 Å². The summed E-state index contributed by atoms with van der Waals surface area (Å²) >= 11 is 0. The van der Waals surface area contributed by atoms with Crippen LogP contribution in [0.5, 0.6) is 0 Å². The van der Waals surface area contributed by atoms with Gasteiger partial charge in [-0.3, -0.25) is 4.79 Å². The van der Waals surface area contributed by atoms with Crippen molar-refractivity contribution in [3.63, 3.8) is 0 Å². The lowest BCUT2D eigenvalue weighted by atomic mass is 9.53. The zero-order chi connectivity index (χ0) is 17.2. The Hall–Kier alpha value is -1.91. The fourth-order valence-electron chi connectivity index (χ4n) is 6.00. The average molecular weight is 338 g/mol. The minimum Gasteiger partial charge on any atom is -0.347 e. The van der Waals surface area contributed by atoms with E-state index in [9.17, 15) is 4.79 Å². The summed E-state index contributed by atoms with van der Waals surface area (Å²) in [6, 6.07) is 2.20. The number of hydrogen-bond donors (Lipinski definition) is 1. The first-order valence-corrected chi connectivity index (χ1v) is 9.66. The van der Waals surface area contributed by atoms with Gasteiger partial charge in [-0.1, -0.05) is 0 Å². The highest BCUT2D eigenvalue weighted by Gasteiger charge is 2.51. The van der Waals surface area contributed by atoms with Crippen molar-refractivity contribution in [2.75, 3.05) is 0 Å². The molecule has 1 N–H and O–H groups in total. The van der Waals surface area contributed by atoms with Gasteiger partial charge in [-0.2, -0.15) is 0 Å². The number of aromatic nitrogens is 3. The Morgan fingerprint density at radius 3 is 2.40 bits per heavy atom. The Kier molecular flexibility index (Phi) is 3.25. The first-order valence-electron chi connectivity index (χ1n) is 9.66. The molecule has 6 rings (SSSR count). The fraction of sp³-hybridized carbons (Fsp3) is 0.650. The number of imidazole rings is 1. The molecule has 0 spiro atoms. The fourth-order valence-corrected chi connectivity index (χ4v) is 6.00. The maximum Gasteiger partial charge on any atom is 0.253 e. The largest absolute Gasteiger partial charge is 0.347 e. The van der Waals surface area contributed by atoms with E-state index in [0.29, 0.717) is 11.6 Å². The van der Waals surface area contributed by atoms with Crippen LogP contribution in [-0.2, 0) is 0 Å². The molecule has 2 aromatic rings. The highest BCUT2D eigenvalue weighted by Crippen LogP contribution is 2.55. The number of carbonyl (C=O) groups excluding carboxylic acids is 1. The molecule has 4 aliphatic carbocycles. The van der Waals surface area contributed by atoms with Crippen molar-refractivity contribution in [2.24, 2.45) is 17.8 Å². The van der Waals surface area contributed by atoms with E-state index in [-0.39, 0.29) is 11.4 Å². The predicted molar refractivity (Wildman–Crippen MR) is 96.3 cm³/mol. The van der Waals surface area contributed by atoms with Gasteiger partial charge < -0.3 is 9.88 Å². The second kappa shape index (κ2) is 5.29. The van der Waals surface area contributed by atoms with Gasteiger partial charge >= 0.3 is 0 Å². The smallest absolute Gasteiger partial charge is 0.253 e. The lowest BCUT2D eigenvalue weighted by Crippen LogP contribution is -2.59. The van der Waals surface area contributed by atoms with Crippen LogP contribution in [0.15, 0.2) is 18.6 Å². The Balaban J connectivity index is 1.40. The second-order valence-electron chi connectivity index (χ2n) is 8.96. The third-order valence-corrected chi connectivity index (χ3v) is 6.65. The van der Waals surface area contributed by atoms with Crippen molar-refractivity contribution in [3.8, 4) is 0 Å². The summed E-state index contributed by atoms with van der Waals surface area (Å²) in [4.78, 5) is 21.9. The van der Waals surface area contributed by atoms with Gasteiger partial charge in [0.2, 0.25) is 0 Å². The topological polar surface area (TPSA) is 59.8 Å². The number of fused-ring (bicyclic) bond motifs is 1. The average Bonchev–Trinajstić information content (AvgIpc) is 2.96. The van der Waals surface area contributed by atoms with Crippen LogP contribution in [0.3, 0.4) is 0 Å². The van der Waals surface area contributed by atoms with Crippen molar-refractivity contribution in [3.05, 3.63) is 24.2 Å². The Labute approximate surface area is 148 Å². The van der Waals surface area contributed by atoms with Crippen molar-refractivity contribution >= 4 is 17.1 Å². The predicted octanol–water partition coefficient (Wildman–Crippen LogP) is 3.71. The lowest BCUT2D eigenvalue weighted by molar-refractivity contribution is -0.0167. The zero-order valence-corrected chi connectivity index (χ0v) is 15.0. The van der Waals surface area contributed by atoms with Gasteiger partial charge in [0.1, 0.15) is 5.52 Å². The van der Waals surface area contributed by atoms with Gasteiger partial charge in [0.25, 0.3) is 5.91 Å². The maximum absolute atomic E-state index is 12.9. The summed E-state index contributed by atoms with van der Waals surface area (Å²) in [5, 5.41) is 3.42. The summed E-state index contributed by atoms with van der Waals surface area (Å²) in [5.74, 6) is 2.51. The molecule has 4 bridgehead atoms. The zero-order valence-electron chi connectivity index (χ0n) is 15.0. The normalized spacial score (nSPS) is 33.3. The Bertz CT molecular complexity index is 802. The van der Waals surface area contributed by atoms with Gasteiger partial charge in [0.15, 0.2) is 5.65 Å². The molecule has 1 amide bonds. The molecule has 5 heteroatoms. The summed E-state index contributed by atoms with van der Waals surface area (Å²) in [7, 11) is 0. The molecule has 2 heterocycles. The SMILES string of the molecule is CC(C)n1cnc2cc(C(=O)NC34CC5CC(CC(C5)C3)C4)cnc21. The minimum absolute atomic E-state index is 0.0236. The summed E-state index contributed by atoms with van der Waals surface area (Å²) < 4.78 is 2.04. The van der Waals surface area contributed by atoms with Crippen LogP contribution in [0.2, 0.25) is 0 Å². The molecular weight excluding hydrogens is 312 g/mol. The first-order chi connectivity index (χ1) is 12.0. The molecular formula is C20H26N4O. The summed E-state index contributed by atoms with van der Waals surface area (Å²) in [6.07, 6.45) is 11.2. The monoisotopic (exact) mass is 338 g/mol. The van der Waals surface area contributed by atoms with Gasteiger partial charge in [-0.15, -0.1) is 0 Å². The molecule has 25 heavy (non-hydrogen) atoms. The second-order valence-corrected chi connectivity index (χ2v) is 8.96. The molecule has 5 nitrogen and oxygen atoms in total. The molecule has 4 fully saturated rings. The number of amides is 1. The molecule has 132 valence electrons. The van der Waals surface area contributed by atoms with E-state index in [1.165, 1.54) is 38.5 Å². The number of hydrogen-bond acceptors (Lipinski definition) is 3. The first kappa shape index (κ1) is 15.4. The highest BCUT2D eigenvalue weighted by molar-refractivity contribution is 5.96. The third kappa shape index (κ3) is 2.47. The molecule has 0 aliphatic heterocycles. The molecule has 4 saturated carbocycles. The quantitative estimate of drug-likeness (QED) is 0.928. The summed E-state index contributed by atoms with van der Waals surface area (Å²) in [5.41, 5.74) is 2.32. The minimum atomic E-state index is 0.0236. The van der Waals surface area contributed by atoms with E-state index in [1.54, 1.807) is 6.20 Å². The van der Waals surface area contributed by atoms with Crippen molar-refractivity contribution in [2.45, 2.75) is 64.0 Å². The van der Waals surface area contributed by atoms with Crippen molar-refractivity contribution in [1.29, 1.82) is 0 Å². The van der Waals surface area contributed by atoms with Gasteiger partial charge in [0.05, 0.1) is 11.9 Å². The van der Waals surface area contributed by atoms with Gasteiger partial charge in [-0.25, -0.2) is 9.97 Å². The van der Waals surface area contributed by atoms with E-state index in [4.69, 9.17) is 0 Å². The van der Waals surface area contributed by atoms with E-state index < -0.39 is 0 Å². The molecule has 0 saturated heterocycles. The number of nitrogens with one attached hydrogen (secondary N) is 1. The highest BCUT2D eigenvalue weighted by atomic mass is 16.1. The van der Waals surface area contributed by atoms with E-state index in [0.717, 1.165) is 28.9 Å². The van der Waals surface area contributed by atoms with Crippen LogP contribution in [0.25, 0.3) is 11.2 Å². The van der Waals surface area contributed by atoms with E-state index in [1.807, 2.05) is 17.0 Å². The number of pyridine rings is 1. The Morgan fingerprint density at radius 1 is 1.16 bits per heavy atom. The molecule has 0 unspecified atom stereocenters. The standard InChI is InChI=1S/C20H26N4O/c1-12(2)24-11-22-17-6-16(10-21-18(17)24)19(25)23-20-7-13-3-14(8-20)5-15(4-13)9-20/h6,10-15H,3-5,7-9H2,1-2H3,(H,23,25). The van der Waals surface area contributed by atoms with Crippen LogP contribution < -0.4 is 5.32 Å². The van der Waals surface area contributed by atoms with Crippen LogP contribution in [0.1, 0.15) is 68.8 Å². The van der Waals surface area contributed by atoms with Gasteiger partial charge in [0, 0.05) is 17.8 Å². The number of carbonyl (C=O) groups is 1. The Morgan fingerprint density at radius 2 is 1.80 bits per heavy atom. The molecule has 0 radical (unpaired) electrons. The van der Waals surface area contributed by atoms with Crippen LogP contribution >= 0.6 is 0 Å². The molecule has 4 aliphatic rings. The number of nitrogens with zero attached hydrogens (tertiary/aromatic N) is 3. The van der Waals surface area contributed by atoms with Crippen LogP contribution in [0, 0.1) is 17.8 Å². The van der Waals surface area contributed by atoms with Crippen LogP contribution in [0.4, 0.5) is 0 Å². The molecule has 0 atom stereocenters. The van der Waals surface area contributed by atoms with Crippen molar-refractivity contribution in [1.82, 2.24) is 19.9 Å². The van der Waals surface area contributed by atoms with E-state index >= 15 is 0 Å². The third-order valence-electron chi connectivity index (χ3n) is 6.65. The number of rotatable bonds is 3. The molecule has 2 aromatic heterocycles. The van der Waals surface area contributed by atoms with Crippen LogP contribution in [-0.4, -0.2) is 26.0 Å². The maximum atomic E-state index is 12.9. The van der Waals surface area contributed by atoms with Gasteiger partial charge in [-0.05, 0) is 76.2 Å².